The normalized spacial score (nSPS) is 15.1. The van der Waals surface area contributed by atoms with Gasteiger partial charge in [-0.3, -0.25) is 9.78 Å². The first-order valence-corrected chi connectivity index (χ1v) is 6.65. The molecule has 1 fully saturated rings. The number of hydrogen-bond donors (Lipinski definition) is 0. The van der Waals surface area contributed by atoms with Gasteiger partial charge in [0.1, 0.15) is 0 Å². The first kappa shape index (κ1) is 12.8. The Labute approximate surface area is 118 Å². The maximum absolute atomic E-state index is 12.6. The van der Waals surface area contributed by atoms with Crippen molar-refractivity contribution in [3.05, 3.63) is 54.4 Å². The van der Waals surface area contributed by atoms with Gasteiger partial charge in [-0.05, 0) is 11.6 Å². The van der Waals surface area contributed by atoms with Gasteiger partial charge in [0.05, 0.1) is 25.0 Å². The third-order valence-corrected chi connectivity index (χ3v) is 3.35. The lowest BCUT2D eigenvalue weighted by atomic mass is 10.0. The van der Waals surface area contributed by atoms with Gasteiger partial charge in [0.15, 0.2) is 0 Å². The second-order valence-electron chi connectivity index (χ2n) is 4.62. The second-order valence-corrected chi connectivity index (χ2v) is 4.62. The van der Waals surface area contributed by atoms with E-state index < -0.39 is 0 Å². The van der Waals surface area contributed by atoms with Gasteiger partial charge in [-0.1, -0.05) is 30.3 Å². The number of hydrogen-bond acceptors (Lipinski definition) is 3. The lowest BCUT2D eigenvalue weighted by molar-refractivity contribution is 0.0303. The quantitative estimate of drug-likeness (QED) is 0.836. The fourth-order valence-corrected chi connectivity index (χ4v) is 2.30. The molecule has 1 aromatic heterocycles. The minimum absolute atomic E-state index is 0.0193. The molecule has 1 aromatic carbocycles. The molecule has 101 valence electrons. The Morgan fingerprint density at radius 1 is 1.15 bits per heavy atom. The van der Waals surface area contributed by atoms with Gasteiger partial charge in [0.25, 0.3) is 5.91 Å². The van der Waals surface area contributed by atoms with Crippen LogP contribution in [-0.2, 0) is 4.74 Å². The van der Waals surface area contributed by atoms with E-state index in [4.69, 9.17) is 4.74 Å². The number of amides is 1. The highest BCUT2D eigenvalue weighted by atomic mass is 16.5. The summed E-state index contributed by atoms with van der Waals surface area (Å²) in [5, 5.41) is 0. The summed E-state index contributed by atoms with van der Waals surface area (Å²) in [5.74, 6) is 0.0193. The van der Waals surface area contributed by atoms with E-state index >= 15 is 0 Å². The zero-order valence-electron chi connectivity index (χ0n) is 11.1. The van der Waals surface area contributed by atoms with Crippen LogP contribution in [0.2, 0.25) is 0 Å². The van der Waals surface area contributed by atoms with E-state index in [1.54, 1.807) is 12.3 Å². The number of pyridine rings is 1. The number of rotatable bonds is 2. The van der Waals surface area contributed by atoms with Gasteiger partial charge in [-0.25, -0.2) is 0 Å². The van der Waals surface area contributed by atoms with Crippen LogP contribution in [-0.4, -0.2) is 42.1 Å². The summed E-state index contributed by atoms with van der Waals surface area (Å²) in [7, 11) is 0. The molecular weight excluding hydrogens is 252 g/mol. The molecule has 2 heterocycles. The predicted octanol–water partition coefficient (Wildman–Crippen LogP) is 2.02. The second kappa shape index (κ2) is 5.84. The molecule has 0 N–H and O–H groups in total. The summed E-state index contributed by atoms with van der Waals surface area (Å²) in [5.41, 5.74) is 2.36. The van der Waals surface area contributed by atoms with Gasteiger partial charge in [-0.2, -0.15) is 0 Å². The zero-order valence-corrected chi connectivity index (χ0v) is 11.1. The molecule has 1 aliphatic heterocycles. The van der Waals surface area contributed by atoms with E-state index in [1.165, 1.54) is 0 Å². The van der Waals surface area contributed by atoms with Crippen LogP contribution >= 0.6 is 0 Å². The van der Waals surface area contributed by atoms with Crippen LogP contribution < -0.4 is 0 Å². The van der Waals surface area contributed by atoms with E-state index in [0.29, 0.717) is 31.9 Å². The molecule has 2 aromatic rings. The molecule has 20 heavy (non-hydrogen) atoms. The molecule has 0 aliphatic carbocycles. The molecule has 1 aliphatic rings. The summed E-state index contributed by atoms with van der Waals surface area (Å²) in [6, 6.07) is 11.5. The van der Waals surface area contributed by atoms with Gasteiger partial charge < -0.3 is 9.64 Å². The number of morpholine rings is 1. The zero-order chi connectivity index (χ0) is 13.8. The Morgan fingerprint density at radius 3 is 2.65 bits per heavy atom. The van der Waals surface area contributed by atoms with E-state index in [2.05, 4.69) is 11.2 Å². The topological polar surface area (TPSA) is 42.4 Å². The Balaban J connectivity index is 1.95. The van der Waals surface area contributed by atoms with E-state index in [0.717, 1.165) is 11.1 Å². The maximum Gasteiger partial charge on any atom is 0.254 e. The van der Waals surface area contributed by atoms with Crippen LogP contribution in [0.5, 0.6) is 0 Å². The van der Waals surface area contributed by atoms with E-state index in [-0.39, 0.29) is 5.91 Å². The van der Waals surface area contributed by atoms with Gasteiger partial charge in [-0.15, -0.1) is 0 Å². The Kier molecular flexibility index (Phi) is 3.74. The first-order chi connectivity index (χ1) is 9.86. The van der Waals surface area contributed by atoms with Crippen LogP contribution in [0.3, 0.4) is 0 Å². The lowest BCUT2D eigenvalue weighted by Crippen LogP contribution is -2.40. The van der Waals surface area contributed by atoms with Crippen LogP contribution in [0.15, 0.2) is 42.6 Å². The van der Waals surface area contributed by atoms with Crippen molar-refractivity contribution in [3.63, 3.8) is 0 Å². The molecule has 4 nitrogen and oxygen atoms in total. The number of nitrogens with zero attached hydrogens (tertiary/aromatic N) is 2. The molecule has 0 spiro atoms. The molecule has 0 bridgehead atoms. The molecule has 0 atom stereocenters. The minimum Gasteiger partial charge on any atom is -0.378 e. The molecule has 3 rings (SSSR count). The molecule has 0 saturated carbocycles. The standard InChI is InChI=1S/C16H15N2O2/c19-16(18-8-10-20-11-9-18)14-6-7-17-12-15(14)13-4-2-1-3-5-13/h1-7H,8-11H2. The Morgan fingerprint density at radius 2 is 1.90 bits per heavy atom. The molecule has 0 unspecified atom stereocenters. The van der Waals surface area contributed by atoms with Crippen LogP contribution in [0, 0.1) is 6.20 Å². The number of ether oxygens (including phenoxy) is 1. The average Bonchev–Trinajstić information content (AvgIpc) is 2.56. The first-order valence-electron chi connectivity index (χ1n) is 6.65. The van der Waals surface area contributed by atoms with Crippen molar-refractivity contribution >= 4 is 5.91 Å². The van der Waals surface area contributed by atoms with Crippen LogP contribution in [0.4, 0.5) is 0 Å². The smallest absolute Gasteiger partial charge is 0.254 e. The van der Waals surface area contributed by atoms with E-state index in [1.807, 2.05) is 35.2 Å². The Hall–Kier alpha value is -2.20. The fourth-order valence-electron chi connectivity index (χ4n) is 2.30. The number of aromatic nitrogens is 1. The monoisotopic (exact) mass is 267 g/mol. The van der Waals surface area contributed by atoms with E-state index in [9.17, 15) is 4.79 Å². The molecule has 1 amide bonds. The van der Waals surface area contributed by atoms with Crippen molar-refractivity contribution in [2.45, 2.75) is 0 Å². The number of benzene rings is 1. The molecule has 1 saturated heterocycles. The van der Waals surface area contributed by atoms with Crippen LogP contribution in [0.1, 0.15) is 10.4 Å². The third kappa shape index (κ3) is 2.56. The van der Waals surface area contributed by atoms with Gasteiger partial charge >= 0.3 is 0 Å². The summed E-state index contributed by atoms with van der Waals surface area (Å²) in [6.45, 7) is 2.47. The minimum atomic E-state index is 0.0193. The van der Waals surface area contributed by atoms with Gasteiger partial charge in [0, 0.05) is 24.8 Å². The highest BCUT2D eigenvalue weighted by Gasteiger charge is 2.21. The fraction of sp³-hybridized carbons (Fsp3) is 0.250. The van der Waals surface area contributed by atoms with Crippen LogP contribution in [0.25, 0.3) is 11.1 Å². The Bertz CT molecular complexity index is 592. The predicted molar refractivity (Wildman–Crippen MR) is 75.2 cm³/mol. The van der Waals surface area contributed by atoms with Crippen molar-refractivity contribution < 1.29 is 9.53 Å². The average molecular weight is 267 g/mol. The molecule has 4 heteroatoms. The third-order valence-electron chi connectivity index (χ3n) is 3.35. The molecule has 1 radical (unpaired) electrons. The largest absolute Gasteiger partial charge is 0.378 e. The summed E-state index contributed by atoms with van der Waals surface area (Å²) < 4.78 is 5.29. The number of carbonyl (C=O) groups excluding carboxylic acids is 1. The number of carbonyl (C=O) groups is 1. The van der Waals surface area contributed by atoms with Crippen molar-refractivity contribution in [1.29, 1.82) is 0 Å². The highest BCUT2D eigenvalue weighted by molar-refractivity contribution is 6.00. The highest BCUT2D eigenvalue weighted by Crippen LogP contribution is 2.23. The van der Waals surface area contributed by atoms with Crippen molar-refractivity contribution in [3.8, 4) is 11.1 Å². The summed E-state index contributed by atoms with van der Waals surface area (Å²) >= 11 is 0. The van der Waals surface area contributed by atoms with Gasteiger partial charge in [0.2, 0.25) is 0 Å². The summed E-state index contributed by atoms with van der Waals surface area (Å²) in [6.07, 6.45) is 4.56. The SMILES string of the molecule is O=C(c1ccn[c]c1-c1ccccc1)N1CCOCC1. The van der Waals surface area contributed by atoms with Crippen molar-refractivity contribution in [1.82, 2.24) is 9.88 Å². The van der Waals surface area contributed by atoms with Crippen molar-refractivity contribution in [2.24, 2.45) is 0 Å². The lowest BCUT2D eigenvalue weighted by Gasteiger charge is -2.27. The maximum atomic E-state index is 12.6. The van der Waals surface area contributed by atoms with Crippen molar-refractivity contribution in [2.75, 3.05) is 26.3 Å². The molecular formula is C16H15N2O2. The summed E-state index contributed by atoms with van der Waals surface area (Å²) in [4.78, 5) is 18.5.